The summed E-state index contributed by atoms with van der Waals surface area (Å²) in [5.74, 6) is -0.457. The van der Waals surface area contributed by atoms with Gasteiger partial charge < -0.3 is 15.4 Å². The van der Waals surface area contributed by atoms with E-state index in [1.165, 1.54) is 18.2 Å². The number of rotatable bonds is 7. The van der Waals surface area contributed by atoms with Gasteiger partial charge in [-0.25, -0.2) is 27.3 Å². The van der Waals surface area contributed by atoms with Crippen molar-refractivity contribution >= 4 is 27.6 Å². The number of anilines is 1. The minimum Gasteiger partial charge on any atom is -0.493 e. The monoisotopic (exact) mass is 554 g/mol. The lowest BCUT2D eigenvalue weighted by molar-refractivity contribution is 0.386. The summed E-state index contributed by atoms with van der Waals surface area (Å²) in [6.45, 7) is 0. The van der Waals surface area contributed by atoms with Gasteiger partial charge >= 0.3 is 5.69 Å². The lowest BCUT2D eigenvalue weighted by Crippen LogP contribution is -2.40. The van der Waals surface area contributed by atoms with E-state index in [1.807, 2.05) is 6.07 Å². The van der Waals surface area contributed by atoms with Gasteiger partial charge in [0.15, 0.2) is 11.1 Å². The number of aromatic hydroxyl groups is 1. The molecule has 1 aromatic carbocycles. The van der Waals surface area contributed by atoms with Crippen molar-refractivity contribution in [2.45, 2.75) is 61.5 Å². The van der Waals surface area contributed by atoms with Gasteiger partial charge in [-0.05, 0) is 56.7 Å². The van der Waals surface area contributed by atoms with Crippen LogP contribution in [0.25, 0.3) is 11.7 Å². The number of aromatic nitrogens is 5. The SMILES string of the molecule is O=c1[nH]c(O)c(/C=c2\cnn3c(=NC4CC4)cc(NC4CCC(NS(=O)(=O)c5ccccc5F)CC4)nc23)[nH]1. The Hall–Kier alpha value is -4.04. The fraction of sp³-hybridized carbons (Fsp3) is 0.360. The Morgan fingerprint density at radius 1 is 1.10 bits per heavy atom. The van der Waals surface area contributed by atoms with Crippen molar-refractivity contribution in [3.05, 3.63) is 69.2 Å². The lowest BCUT2D eigenvalue weighted by Gasteiger charge is -2.29. The number of fused-ring (bicyclic) bond motifs is 1. The molecule has 0 saturated heterocycles. The first kappa shape index (κ1) is 25.2. The van der Waals surface area contributed by atoms with Crippen LogP contribution in [0, 0.1) is 5.82 Å². The summed E-state index contributed by atoms with van der Waals surface area (Å²) in [6.07, 6.45) is 7.73. The smallest absolute Gasteiger partial charge is 0.326 e. The second-order valence-corrected chi connectivity index (χ2v) is 11.6. The van der Waals surface area contributed by atoms with Gasteiger partial charge in [0.25, 0.3) is 0 Å². The van der Waals surface area contributed by atoms with E-state index in [2.05, 4.69) is 25.1 Å². The van der Waals surface area contributed by atoms with Gasteiger partial charge in [-0.2, -0.15) is 9.61 Å². The van der Waals surface area contributed by atoms with E-state index >= 15 is 0 Å². The summed E-state index contributed by atoms with van der Waals surface area (Å²) in [5.41, 5.74) is 0.837. The van der Waals surface area contributed by atoms with Crippen LogP contribution < -0.4 is 26.4 Å². The van der Waals surface area contributed by atoms with Gasteiger partial charge in [-0.15, -0.1) is 0 Å². The number of nitrogens with one attached hydrogen (secondary N) is 4. The minimum absolute atomic E-state index is 0.0448. The third kappa shape index (κ3) is 5.43. The Morgan fingerprint density at radius 3 is 2.54 bits per heavy atom. The average molecular weight is 555 g/mol. The third-order valence-electron chi connectivity index (χ3n) is 6.90. The molecule has 5 N–H and O–H groups in total. The van der Waals surface area contributed by atoms with Crippen molar-refractivity contribution in [3.63, 3.8) is 0 Å². The quantitative estimate of drug-likeness (QED) is 0.226. The fourth-order valence-corrected chi connectivity index (χ4v) is 6.16. The molecule has 0 amide bonds. The van der Waals surface area contributed by atoms with Crippen molar-refractivity contribution in [2.24, 2.45) is 4.99 Å². The van der Waals surface area contributed by atoms with Crippen LogP contribution in [0.5, 0.6) is 5.88 Å². The molecule has 204 valence electrons. The van der Waals surface area contributed by atoms with E-state index in [9.17, 15) is 22.7 Å². The predicted octanol–water partition coefficient (Wildman–Crippen LogP) is 0.903. The first-order chi connectivity index (χ1) is 18.7. The summed E-state index contributed by atoms with van der Waals surface area (Å²) in [4.78, 5) is 25.5. The molecule has 0 bridgehead atoms. The van der Waals surface area contributed by atoms with E-state index in [0.29, 0.717) is 47.9 Å². The van der Waals surface area contributed by atoms with Gasteiger partial charge in [-0.1, -0.05) is 12.1 Å². The Bertz CT molecular complexity index is 1820. The molecular weight excluding hydrogens is 527 g/mol. The van der Waals surface area contributed by atoms with E-state index < -0.39 is 21.5 Å². The molecule has 3 heterocycles. The van der Waals surface area contributed by atoms with Gasteiger partial charge in [0.05, 0.1) is 12.2 Å². The number of halogens is 1. The van der Waals surface area contributed by atoms with Crippen molar-refractivity contribution in [1.82, 2.24) is 29.3 Å². The van der Waals surface area contributed by atoms with Gasteiger partial charge in [0.2, 0.25) is 15.9 Å². The van der Waals surface area contributed by atoms with Gasteiger partial charge in [0, 0.05) is 23.4 Å². The Labute approximate surface area is 221 Å². The van der Waals surface area contributed by atoms with Crippen molar-refractivity contribution in [3.8, 4) is 5.88 Å². The number of H-pyrrole nitrogens is 2. The normalized spacial score (nSPS) is 21.1. The molecule has 6 rings (SSSR count). The molecule has 39 heavy (non-hydrogen) atoms. The lowest BCUT2D eigenvalue weighted by atomic mass is 9.92. The summed E-state index contributed by atoms with van der Waals surface area (Å²) in [7, 11) is -3.95. The second kappa shape index (κ2) is 9.93. The van der Waals surface area contributed by atoms with Crippen LogP contribution in [0.1, 0.15) is 44.2 Å². The summed E-state index contributed by atoms with van der Waals surface area (Å²) >= 11 is 0. The average Bonchev–Trinajstić information content (AvgIpc) is 3.53. The molecule has 0 aliphatic heterocycles. The molecule has 12 nitrogen and oxygen atoms in total. The number of hydrogen-bond donors (Lipinski definition) is 5. The van der Waals surface area contributed by atoms with Crippen LogP contribution in [0.15, 0.2) is 51.2 Å². The molecule has 2 aliphatic rings. The van der Waals surface area contributed by atoms with Crippen LogP contribution in [-0.4, -0.2) is 56.2 Å². The van der Waals surface area contributed by atoms with Crippen LogP contribution in [-0.2, 0) is 10.0 Å². The highest BCUT2D eigenvalue weighted by Gasteiger charge is 2.27. The molecular formula is C25H27FN8O4S. The third-order valence-corrected chi connectivity index (χ3v) is 8.46. The molecule has 2 aliphatic carbocycles. The van der Waals surface area contributed by atoms with Crippen LogP contribution >= 0.6 is 0 Å². The predicted molar refractivity (Wildman–Crippen MR) is 140 cm³/mol. The summed E-state index contributed by atoms with van der Waals surface area (Å²) in [5, 5.41) is 18.4. The number of sulfonamides is 1. The zero-order valence-electron chi connectivity index (χ0n) is 20.8. The van der Waals surface area contributed by atoms with Gasteiger partial charge in [0.1, 0.15) is 22.2 Å². The van der Waals surface area contributed by atoms with Gasteiger partial charge in [-0.3, -0.25) is 9.98 Å². The molecule has 0 unspecified atom stereocenters. The molecule has 2 saturated carbocycles. The minimum atomic E-state index is -3.95. The van der Waals surface area contributed by atoms with Crippen LogP contribution in [0.2, 0.25) is 0 Å². The number of benzene rings is 1. The number of nitrogens with zero attached hydrogens (tertiary/aromatic N) is 4. The highest BCUT2D eigenvalue weighted by molar-refractivity contribution is 7.89. The van der Waals surface area contributed by atoms with Crippen molar-refractivity contribution < 1.29 is 17.9 Å². The summed E-state index contributed by atoms with van der Waals surface area (Å²) in [6, 6.07) is 7.17. The van der Waals surface area contributed by atoms with E-state index in [4.69, 9.17) is 9.98 Å². The zero-order valence-corrected chi connectivity index (χ0v) is 21.6. The van der Waals surface area contributed by atoms with Crippen molar-refractivity contribution in [2.75, 3.05) is 5.32 Å². The maximum atomic E-state index is 14.0. The van der Waals surface area contributed by atoms with Crippen molar-refractivity contribution in [1.29, 1.82) is 0 Å². The largest absolute Gasteiger partial charge is 0.493 e. The molecule has 0 spiro atoms. The topological polar surface area (TPSA) is 170 Å². The Balaban J connectivity index is 1.22. The van der Waals surface area contributed by atoms with E-state index in [1.54, 1.807) is 16.8 Å². The Morgan fingerprint density at radius 2 is 1.85 bits per heavy atom. The highest BCUT2D eigenvalue weighted by atomic mass is 32.2. The molecule has 4 aromatic rings. The number of aromatic amines is 2. The standard InChI is InChI=1S/C25H27FN8O4S/c26-18-3-1-2-4-20(18)39(37,38)33-17-9-7-15(8-10-17)28-21-12-22(29-16-5-6-16)34-23(31-21)14(13-27-34)11-19-24(35)32-25(36)30-19/h1-4,11-13,15-17,28,33,35H,5-10H2,(H2,30,32,36)/b14-11+,29-22?. The second-order valence-electron chi connectivity index (χ2n) is 9.93. The molecule has 0 radical (unpaired) electrons. The van der Waals surface area contributed by atoms with Crippen LogP contribution in [0.4, 0.5) is 10.2 Å². The number of hydrogen-bond acceptors (Lipinski definition) is 8. The molecule has 14 heteroatoms. The van der Waals surface area contributed by atoms with E-state index in [0.717, 1.165) is 18.9 Å². The summed E-state index contributed by atoms with van der Waals surface area (Å²) < 4.78 is 43.7. The Kier molecular flexibility index (Phi) is 6.43. The maximum Gasteiger partial charge on any atom is 0.326 e. The fourth-order valence-electron chi connectivity index (χ4n) is 4.78. The van der Waals surface area contributed by atoms with E-state index in [-0.39, 0.29) is 34.6 Å². The van der Waals surface area contributed by atoms with Crippen LogP contribution in [0.3, 0.4) is 0 Å². The highest BCUT2D eigenvalue weighted by Crippen LogP contribution is 2.25. The molecule has 0 atom stereocenters. The maximum absolute atomic E-state index is 14.0. The first-order valence-corrected chi connectivity index (χ1v) is 14.2. The first-order valence-electron chi connectivity index (χ1n) is 12.7. The number of imidazole rings is 1. The molecule has 2 fully saturated rings. The molecule has 3 aromatic heterocycles. The zero-order chi connectivity index (χ0) is 27.1.